The van der Waals surface area contributed by atoms with Crippen molar-refractivity contribution in [2.45, 2.75) is 32.0 Å². The summed E-state index contributed by atoms with van der Waals surface area (Å²) in [5, 5.41) is 3.32. The van der Waals surface area contributed by atoms with Gasteiger partial charge in [-0.1, -0.05) is 29.8 Å². The molecule has 0 aliphatic carbocycles. The Morgan fingerprint density at radius 3 is 2.55 bits per heavy atom. The number of hydrogen-bond donors (Lipinski definition) is 1. The molecule has 5 rings (SSSR count). The molecular formula is C29H40N6O3. The molecular weight excluding hydrogens is 480 g/mol. The minimum Gasteiger partial charge on any atom is -0.379 e. The van der Waals surface area contributed by atoms with Crippen molar-refractivity contribution in [2.75, 3.05) is 72.1 Å². The van der Waals surface area contributed by atoms with Crippen LogP contribution in [0.25, 0.3) is 0 Å². The molecule has 0 radical (unpaired) electrons. The molecule has 3 saturated heterocycles. The van der Waals surface area contributed by atoms with Crippen molar-refractivity contribution in [2.24, 2.45) is 0 Å². The van der Waals surface area contributed by atoms with Gasteiger partial charge < -0.3 is 19.9 Å². The molecule has 4 heterocycles. The Balaban J connectivity index is 1.37. The average molecular weight is 521 g/mol. The number of ether oxygens (including phenoxy) is 1. The third-order valence-electron chi connectivity index (χ3n) is 7.99. The third-order valence-corrected chi connectivity index (χ3v) is 7.99. The van der Waals surface area contributed by atoms with Crippen LogP contribution in [0.2, 0.25) is 0 Å². The predicted molar refractivity (Wildman–Crippen MR) is 146 cm³/mol. The fraction of sp³-hybridized carbons (Fsp3) is 0.552. The standard InChI is InChI=1S/C29H40N6O3/c1-23-4-6-24(7-5-23)21-34(14-13-32-15-17-38-18-16-32)26-19-27(29(37)33-11-9-30-10-12-33)35(22-26)28(36)25-3-2-8-31-20-25/h2-8,20,26-27,30H,9-19,21-22H2,1H3. The van der Waals surface area contributed by atoms with Gasteiger partial charge in [-0.2, -0.15) is 0 Å². The van der Waals surface area contributed by atoms with Gasteiger partial charge in [0, 0.05) is 83.9 Å². The van der Waals surface area contributed by atoms with Gasteiger partial charge in [0.1, 0.15) is 6.04 Å². The van der Waals surface area contributed by atoms with E-state index < -0.39 is 6.04 Å². The van der Waals surface area contributed by atoms with Gasteiger partial charge in [0.15, 0.2) is 0 Å². The Morgan fingerprint density at radius 2 is 1.84 bits per heavy atom. The van der Waals surface area contributed by atoms with Gasteiger partial charge in [-0.15, -0.1) is 0 Å². The lowest BCUT2D eigenvalue weighted by Crippen LogP contribution is -2.53. The molecule has 9 nitrogen and oxygen atoms in total. The minimum absolute atomic E-state index is 0.0645. The summed E-state index contributed by atoms with van der Waals surface area (Å²) in [6.45, 7) is 11.6. The van der Waals surface area contributed by atoms with E-state index in [9.17, 15) is 9.59 Å². The van der Waals surface area contributed by atoms with Crippen molar-refractivity contribution in [1.29, 1.82) is 0 Å². The van der Waals surface area contributed by atoms with Crippen LogP contribution in [0.15, 0.2) is 48.8 Å². The Morgan fingerprint density at radius 1 is 1.08 bits per heavy atom. The quantitative estimate of drug-likeness (QED) is 0.561. The van der Waals surface area contributed by atoms with E-state index in [0.29, 0.717) is 31.6 Å². The zero-order valence-corrected chi connectivity index (χ0v) is 22.4. The molecule has 204 valence electrons. The molecule has 38 heavy (non-hydrogen) atoms. The molecule has 3 fully saturated rings. The maximum atomic E-state index is 13.8. The second-order valence-electron chi connectivity index (χ2n) is 10.6. The van der Waals surface area contributed by atoms with Gasteiger partial charge >= 0.3 is 0 Å². The average Bonchev–Trinajstić information content (AvgIpc) is 3.42. The highest BCUT2D eigenvalue weighted by Gasteiger charge is 2.43. The third kappa shape index (κ3) is 6.58. The van der Waals surface area contributed by atoms with Crippen molar-refractivity contribution < 1.29 is 14.3 Å². The molecule has 1 N–H and O–H groups in total. The number of likely N-dealkylation sites (tertiary alicyclic amines) is 1. The summed E-state index contributed by atoms with van der Waals surface area (Å²) in [6, 6.07) is 11.9. The number of aromatic nitrogens is 1. The number of rotatable bonds is 8. The van der Waals surface area contributed by atoms with Crippen LogP contribution in [0, 0.1) is 6.92 Å². The normalized spacial score (nSPS) is 22.7. The smallest absolute Gasteiger partial charge is 0.256 e. The number of nitrogens with zero attached hydrogens (tertiary/aromatic N) is 5. The number of aryl methyl sites for hydroxylation is 1. The maximum absolute atomic E-state index is 13.8. The molecule has 2 amide bonds. The molecule has 3 aliphatic heterocycles. The first-order valence-corrected chi connectivity index (χ1v) is 13.9. The summed E-state index contributed by atoms with van der Waals surface area (Å²) in [5.41, 5.74) is 3.02. The summed E-state index contributed by atoms with van der Waals surface area (Å²) < 4.78 is 5.54. The molecule has 9 heteroatoms. The van der Waals surface area contributed by atoms with Gasteiger partial charge in [-0.25, -0.2) is 0 Å². The van der Waals surface area contributed by atoms with Crippen LogP contribution >= 0.6 is 0 Å². The number of piperazine rings is 1. The van der Waals surface area contributed by atoms with Crippen LogP contribution in [0.1, 0.15) is 27.9 Å². The Kier molecular flexibility index (Phi) is 9.01. The van der Waals surface area contributed by atoms with Crippen molar-refractivity contribution in [3.05, 3.63) is 65.5 Å². The summed E-state index contributed by atoms with van der Waals surface area (Å²) in [7, 11) is 0. The number of morpholine rings is 1. The summed E-state index contributed by atoms with van der Waals surface area (Å²) in [4.78, 5) is 40.3. The first-order valence-electron chi connectivity index (χ1n) is 13.9. The number of pyridine rings is 1. The lowest BCUT2D eigenvalue weighted by molar-refractivity contribution is -0.135. The summed E-state index contributed by atoms with van der Waals surface area (Å²) in [6.07, 6.45) is 3.91. The van der Waals surface area contributed by atoms with E-state index in [-0.39, 0.29) is 17.9 Å². The van der Waals surface area contributed by atoms with Gasteiger partial charge in [0.25, 0.3) is 5.91 Å². The first-order chi connectivity index (χ1) is 18.6. The van der Waals surface area contributed by atoms with Crippen LogP contribution in [0.5, 0.6) is 0 Å². The number of nitrogens with one attached hydrogen (secondary N) is 1. The number of carbonyl (C=O) groups excluding carboxylic acids is 2. The van der Waals surface area contributed by atoms with Crippen LogP contribution in [-0.4, -0.2) is 121 Å². The van der Waals surface area contributed by atoms with E-state index in [4.69, 9.17) is 4.74 Å². The number of hydrogen-bond acceptors (Lipinski definition) is 7. The van der Waals surface area contributed by atoms with Gasteiger partial charge in [0.2, 0.25) is 5.91 Å². The largest absolute Gasteiger partial charge is 0.379 e. The second kappa shape index (κ2) is 12.8. The highest BCUT2D eigenvalue weighted by molar-refractivity contribution is 5.97. The summed E-state index contributed by atoms with van der Waals surface area (Å²) >= 11 is 0. The van der Waals surface area contributed by atoms with Crippen LogP contribution in [0.3, 0.4) is 0 Å². The number of benzene rings is 1. The minimum atomic E-state index is -0.463. The zero-order valence-electron chi connectivity index (χ0n) is 22.4. The van der Waals surface area contributed by atoms with Crippen molar-refractivity contribution in [3.63, 3.8) is 0 Å². The van der Waals surface area contributed by atoms with Crippen LogP contribution in [-0.2, 0) is 16.1 Å². The SMILES string of the molecule is Cc1ccc(CN(CCN2CCOCC2)C2CC(C(=O)N3CCNCC3)N(C(=O)c3cccnc3)C2)cc1. The van der Waals surface area contributed by atoms with E-state index in [1.54, 1.807) is 24.5 Å². The Hall–Kier alpha value is -2.85. The second-order valence-corrected chi connectivity index (χ2v) is 10.6. The molecule has 0 spiro atoms. The fourth-order valence-corrected chi connectivity index (χ4v) is 5.70. The van der Waals surface area contributed by atoms with Crippen molar-refractivity contribution >= 4 is 11.8 Å². The topological polar surface area (TPSA) is 81.3 Å². The van der Waals surface area contributed by atoms with E-state index in [1.807, 2.05) is 9.80 Å². The zero-order chi connectivity index (χ0) is 26.3. The lowest BCUT2D eigenvalue weighted by atomic mass is 10.1. The Bertz CT molecular complexity index is 1050. The maximum Gasteiger partial charge on any atom is 0.256 e. The predicted octanol–water partition coefficient (Wildman–Crippen LogP) is 1.24. The molecule has 3 aliphatic rings. The van der Waals surface area contributed by atoms with Crippen LogP contribution in [0.4, 0.5) is 0 Å². The number of carbonyl (C=O) groups is 2. The summed E-state index contributed by atoms with van der Waals surface area (Å²) in [5.74, 6) is -0.0488. The van der Waals surface area contributed by atoms with E-state index in [0.717, 1.165) is 59.0 Å². The van der Waals surface area contributed by atoms with Crippen molar-refractivity contribution in [3.8, 4) is 0 Å². The molecule has 1 aromatic heterocycles. The molecule has 2 atom stereocenters. The van der Waals surface area contributed by atoms with Crippen LogP contribution < -0.4 is 5.32 Å². The van der Waals surface area contributed by atoms with E-state index in [1.165, 1.54) is 11.1 Å². The van der Waals surface area contributed by atoms with Gasteiger partial charge in [-0.3, -0.25) is 24.4 Å². The molecule has 0 bridgehead atoms. The fourth-order valence-electron chi connectivity index (χ4n) is 5.70. The lowest BCUT2D eigenvalue weighted by Gasteiger charge is -2.33. The molecule has 2 unspecified atom stereocenters. The highest BCUT2D eigenvalue weighted by Crippen LogP contribution is 2.27. The van der Waals surface area contributed by atoms with E-state index in [2.05, 4.69) is 51.3 Å². The molecule has 0 saturated carbocycles. The monoisotopic (exact) mass is 520 g/mol. The number of amides is 2. The first kappa shape index (κ1) is 26.7. The molecule has 1 aromatic carbocycles. The van der Waals surface area contributed by atoms with Crippen molar-refractivity contribution in [1.82, 2.24) is 29.9 Å². The Labute approximate surface area is 225 Å². The van der Waals surface area contributed by atoms with Gasteiger partial charge in [0.05, 0.1) is 18.8 Å². The highest BCUT2D eigenvalue weighted by atomic mass is 16.5. The van der Waals surface area contributed by atoms with E-state index >= 15 is 0 Å². The van der Waals surface area contributed by atoms with Gasteiger partial charge in [-0.05, 0) is 31.0 Å². The molecule has 2 aromatic rings.